The molecule has 0 fully saturated rings. The van der Waals surface area contributed by atoms with Crippen LogP contribution in [0, 0.1) is 13.8 Å². The van der Waals surface area contributed by atoms with Crippen LogP contribution in [0.25, 0.3) is 0 Å². The van der Waals surface area contributed by atoms with Crippen LogP contribution in [0.1, 0.15) is 27.4 Å². The molecule has 2 aromatic heterocycles. The molecule has 2 heterocycles. The van der Waals surface area contributed by atoms with Crippen LogP contribution in [0.3, 0.4) is 0 Å². The number of hydrogen-bond acceptors (Lipinski definition) is 5. The van der Waals surface area contributed by atoms with E-state index in [-0.39, 0.29) is 5.91 Å². The number of nitrogens with one attached hydrogen (secondary N) is 1. The Labute approximate surface area is 158 Å². The minimum atomic E-state index is -0.183. The summed E-state index contributed by atoms with van der Waals surface area (Å²) in [4.78, 5) is 17.0. The SMILES string of the molecule is Cc1cc(CSc2ncccc2C(=O)Nc2ccc(Br)cc2C)no1. The van der Waals surface area contributed by atoms with Crippen molar-refractivity contribution in [3.63, 3.8) is 0 Å². The summed E-state index contributed by atoms with van der Waals surface area (Å²) < 4.78 is 6.04. The Morgan fingerprint density at radius 2 is 2.12 bits per heavy atom. The van der Waals surface area contributed by atoms with Gasteiger partial charge in [0, 0.05) is 28.2 Å². The number of hydrogen-bond donors (Lipinski definition) is 1. The number of rotatable bonds is 5. The zero-order valence-corrected chi connectivity index (χ0v) is 16.1. The van der Waals surface area contributed by atoms with E-state index in [2.05, 4.69) is 31.4 Å². The quantitative estimate of drug-likeness (QED) is 0.591. The Balaban J connectivity index is 1.76. The van der Waals surface area contributed by atoms with E-state index in [9.17, 15) is 4.79 Å². The molecule has 7 heteroatoms. The number of aryl methyl sites for hydroxylation is 2. The molecule has 0 atom stereocenters. The van der Waals surface area contributed by atoms with Crippen molar-refractivity contribution in [2.24, 2.45) is 0 Å². The summed E-state index contributed by atoms with van der Waals surface area (Å²) in [5.41, 5.74) is 3.12. The lowest BCUT2D eigenvalue weighted by Gasteiger charge is -2.11. The smallest absolute Gasteiger partial charge is 0.258 e. The highest BCUT2D eigenvalue weighted by Gasteiger charge is 2.14. The van der Waals surface area contributed by atoms with E-state index in [0.29, 0.717) is 16.3 Å². The third-order valence-electron chi connectivity index (χ3n) is 3.49. The fraction of sp³-hybridized carbons (Fsp3) is 0.167. The Bertz CT molecular complexity index is 911. The summed E-state index contributed by atoms with van der Waals surface area (Å²) in [6.07, 6.45) is 1.68. The van der Waals surface area contributed by atoms with Crippen molar-refractivity contribution < 1.29 is 9.32 Å². The zero-order valence-electron chi connectivity index (χ0n) is 13.7. The lowest BCUT2D eigenvalue weighted by Crippen LogP contribution is -2.14. The van der Waals surface area contributed by atoms with E-state index in [1.54, 1.807) is 18.3 Å². The second kappa shape index (κ2) is 7.84. The van der Waals surface area contributed by atoms with Crippen molar-refractivity contribution in [1.29, 1.82) is 0 Å². The molecule has 25 heavy (non-hydrogen) atoms. The fourth-order valence-electron chi connectivity index (χ4n) is 2.26. The molecule has 1 aromatic carbocycles. The van der Waals surface area contributed by atoms with Crippen LogP contribution < -0.4 is 5.32 Å². The molecular formula is C18H16BrN3O2S. The topological polar surface area (TPSA) is 68.0 Å². The van der Waals surface area contributed by atoms with Crippen molar-refractivity contribution in [2.75, 3.05) is 5.32 Å². The Kier molecular flexibility index (Phi) is 5.55. The molecule has 0 unspecified atom stereocenters. The lowest BCUT2D eigenvalue weighted by atomic mass is 10.2. The highest BCUT2D eigenvalue weighted by molar-refractivity contribution is 9.10. The van der Waals surface area contributed by atoms with E-state index in [0.717, 1.165) is 27.2 Å². The Morgan fingerprint density at radius 1 is 1.28 bits per heavy atom. The van der Waals surface area contributed by atoms with Crippen molar-refractivity contribution >= 4 is 39.3 Å². The molecule has 0 saturated heterocycles. The van der Waals surface area contributed by atoms with Crippen molar-refractivity contribution in [3.8, 4) is 0 Å². The minimum absolute atomic E-state index is 0.183. The van der Waals surface area contributed by atoms with Gasteiger partial charge < -0.3 is 9.84 Å². The van der Waals surface area contributed by atoms with Gasteiger partial charge in [-0.15, -0.1) is 0 Å². The maximum absolute atomic E-state index is 12.7. The number of pyridine rings is 1. The molecule has 3 aromatic rings. The molecule has 0 aliphatic heterocycles. The first-order valence-corrected chi connectivity index (χ1v) is 9.38. The molecular weight excluding hydrogens is 402 g/mol. The summed E-state index contributed by atoms with van der Waals surface area (Å²) in [5.74, 6) is 1.17. The minimum Gasteiger partial charge on any atom is -0.361 e. The van der Waals surface area contributed by atoms with Crippen LogP contribution in [-0.4, -0.2) is 16.0 Å². The number of halogens is 1. The van der Waals surface area contributed by atoms with E-state index < -0.39 is 0 Å². The number of carbonyl (C=O) groups excluding carboxylic acids is 1. The summed E-state index contributed by atoms with van der Waals surface area (Å²) >= 11 is 4.88. The van der Waals surface area contributed by atoms with Gasteiger partial charge in [-0.3, -0.25) is 4.79 Å². The van der Waals surface area contributed by atoms with Crippen LogP contribution in [0.2, 0.25) is 0 Å². The van der Waals surface area contributed by atoms with Crippen LogP contribution in [-0.2, 0) is 5.75 Å². The van der Waals surface area contributed by atoms with Crippen LogP contribution >= 0.6 is 27.7 Å². The first-order chi connectivity index (χ1) is 12.0. The Morgan fingerprint density at radius 3 is 2.84 bits per heavy atom. The van der Waals surface area contributed by atoms with Gasteiger partial charge in [-0.2, -0.15) is 0 Å². The fourth-order valence-corrected chi connectivity index (χ4v) is 3.61. The van der Waals surface area contributed by atoms with Gasteiger partial charge >= 0.3 is 0 Å². The van der Waals surface area contributed by atoms with E-state index in [1.165, 1.54) is 11.8 Å². The van der Waals surface area contributed by atoms with Crippen molar-refractivity contribution in [1.82, 2.24) is 10.1 Å². The summed E-state index contributed by atoms with van der Waals surface area (Å²) in [5, 5.41) is 7.58. The van der Waals surface area contributed by atoms with Gasteiger partial charge in [-0.1, -0.05) is 32.8 Å². The lowest BCUT2D eigenvalue weighted by molar-refractivity contribution is 0.102. The maximum Gasteiger partial charge on any atom is 0.258 e. The highest BCUT2D eigenvalue weighted by Crippen LogP contribution is 2.26. The van der Waals surface area contributed by atoms with Crippen molar-refractivity contribution in [3.05, 3.63) is 69.6 Å². The number of nitrogens with zero attached hydrogens (tertiary/aromatic N) is 2. The second-order valence-corrected chi connectivity index (χ2v) is 7.37. The number of amides is 1. The summed E-state index contributed by atoms with van der Waals surface area (Å²) in [6.45, 7) is 3.80. The molecule has 1 N–H and O–H groups in total. The van der Waals surface area contributed by atoms with Gasteiger partial charge in [-0.25, -0.2) is 4.98 Å². The molecule has 1 amide bonds. The number of aromatic nitrogens is 2. The van der Waals surface area contributed by atoms with Gasteiger partial charge in [0.05, 0.1) is 11.3 Å². The standard InChI is InChI=1S/C18H16BrN3O2S/c1-11-8-13(19)5-6-16(11)21-17(23)15-4-3-7-20-18(15)25-10-14-9-12(2)24-22-14/h3-9H,10H2,1-2H3,(H,21,23). The van der Waals surface area contributed by atoms with Crippen molar-refractivity contribution in [2.45, 2.75) is 24.6 Å². The molecule has 0 saturated carbocycles. The van der Waals surface area contributed by atoms with Gasteiger partial charge in [0.25, 0.3) is 5.91 Å². The summed E-state index contributed by atoms with van der Waals surface area (Å²) in [7, 11) is 0. The monoisotopic (exact) mass is 417 g/mol. The van der Waals surface area contributed by atoms with E-state index in [1.807, 2.05) is 38.1 Å². The first kappa shape index (κ1) is 17.7. The largest absolute Gasteiger partial charge is 0.361 e. The molecule has 0 aliphatic rings. The second-order valence-electron chi connectivity index (χ2n) is 5.49. The number of carbonyl (C=O) groups is 1. The molecule has 0 spiro atoms. The first-order valence-electron chi connectivity index (χ1n) is 7.60. The van der Waals surface area contributed by atoms with Crippen LogP contribution in [0.4, 0.5) is 5.69 Å². The number of benzene rings is 1. The predicted octanol–water partition coefficient (Wildman–Crippen LogP) is 4.99. The van der Waals surface area contributed by atoms with Gasteiger partial charge in [-0.05, 0) is 49.7 Å². The average Bonchev–Trinajstić information content (AvgIpc) is 3.01. The highest BCUT2D eigenvalue weighted by atomic mass is 79.9. The van der Waals surface area contributed by atoms with E-state index >= 15 is 0 Å². The molecule has 5 nitrogen and oxygen atoms in total. The van der Waals surface area contributed by atoms with Crippen LogP contribution in [0.5, 0.6) is 0 Å². The molecule has 128 valence electrons. The van der Waals surface area contributed by atoms with Crippen LogP contribution in [0.15, 0.2) is 56.6 Å². The maximum atomic E-state index is 12.7. The summed E-state index contributed by atoms with van der Waals surface area (Å²) in [6, 6.07) is 11.1. The molecule has 0 aliphatic carbocycles. The third kappa shape index (κ3) is 4.49. The molecule has 3 rings (SSSR count). The normalized spacial score (nSPS) is 10.7. The molecule has 0 radical (unpaired) electrons. The number of thioether (sulfide) groups is 1. The zero-order chi connectivity index (χ0) is 17.8. The number of anilines is 1. The molecule has 0 bridgehead atoms. The van der Waals surface area contributed by atoms with Gasteiger partial charge in [0.1, 0.15) is 10.8 Å². The third-order valence-corrected chi connectivity index (χ3v) is 5.02. The predicted molar refractivity (Wildman–Crippen MR) is 102 cm³/mol. The Hall–Kier alpha value is -2.12. The van der Waals surface area contributed by atoms with Gasteiger partial charge in [0.2, 0.25) is 0 Å². The van der Waals surface area contributed by atoms with E-state index in [4.69, 9.17) is 4.52 Å². The van der Waals surface area contributed by atoms with Gasteiger partial charge in [0.15, 0.2) is 0 Å². The average molecular weight is 418 g/mol.